The molecule has 102 valence electrons. The van der Waals surface area contributed by atoms with Crippen LogP contribution in [0.25, 0.3) is 11.0 Å². The van der Waals surface area contributed by atoms with Crippen molar-refractivity contribution in [2.75, 3.05) is 7.05 Å². The molecule has 2 rings (SSSR count). The minimum atomic E-state index is 0.0407. The highest BCUT2D eigenvalue weighted by atomic mass is 16.2. The molecule has 4 heteroatoms. The Bertz CT molecular complexity index is 595. The third-order valence-corrected chi connectivity index (χ3v) is 3.82. The molecule has 0 saturated heterocycles. The molecule has 0 aliphatic rings. The van der Waals surface area contributed by atoms with Gasteiger partial charge < -0.3 is 9.88 Å². The second-order valence-electron chi connectivity index (χ2n) is 6.09. The Morgan fingerprint density at radius 2 is 2.05 bits per heavy atom. The van der Waals surface area contributed by atoms with E-state index >= 15 is 0 Å². The molecule has 1 N–H and O–H groups in total. The summed E-state index contributed by atoms with van der Waals surface area (Å²) in [6.07, 6.45) is 1.64. The van der Waals surface area contributed by atoms with E-state index in [1.54, 1.807) is 11.2 Å². The topological polar surface area (TPSA) is 49.0 Å². The highest BCUT2D eigenvalue weighted by Gasteiger charge is 2.27. The number of nitrogens with one attached hydrogen (secondary N) is 1. The summed E-state index contributed by atoms with van der Waals surface area (Å²) in [5, 5.41) is 0. The van der Waals surface area contributed by atoms with Crippen molar-refractivity contribution in [1.82, 2.24) is 14.9 Å². The summed E-state index contributed by atoms with van der Waals surface area (Å²) in [5.74, 6) is 0.0407. The van der Waals surface area contributed by atoms with Gasteiger partial charge in [-0.05, 0) is 30.5 Å². The summed E-state index contributed by atoms with van der Waals surface area (Å²) < 4.78 is 0. The minimum absolute atomic E-state index is 0.0407. The van der Waals surface area contributed by atoms with E-state index < -0.39 is 0 Å². The van der Waals surface area contributed by atoms with Crippen molar-refractivity contribution in [3.63, 3.8) is 0 Å². The molecule has 0 fully saturated rings. The first-order valence-corrected chi connectivity index (χ1v) is 6.51. The summed E-state index contributed by atoms with van der Waals surface area (Å²) in [5.41, 5.74) is 2.52. The number of imidazole rings is 1. The van der Waals surface area contributed by atoms with Crippen LogP contribution in [0.1, 0.15) is 38.1 Å². The van der Waals surface area contributed by atoms with E-state index in [-0.39, 0.29) is 17.4 Å². The van der Waals surface area contributed by atoms with E-state index in [4.69, 9.17) is 0 Å². The van der Waals surface area contributed by atoms with Gasteiger partial charge in [-0.15, -0.1) is 0 Å². The lowest BCUT2D eigenvalue weighted by molar-refractivity contribution is 0.0629. The van der Waals surface area contributed by atoms with Gasteiger partial charge in [-0.3, -0.25) is 4.79 Å². The Balaban J connectivity index is 2.28. The van der Waals surface area contributed by atoms with Crippen molar-refractivity contribution in [3.8, 4) is 0 Å². The van der Waals surface area contributed by atoms with Crippen LogP contribution in [-0.4, -0.2) is 33.9 Å². The molecule has 1 heterocycles. The molecule has 1 unspecified atom stereocenters. The van der Waals surface area contributed by atoms with Gasteiger partial charge >= 0.3 is 0 Å². The van der Waals surface area contributed by atoms with E-state index in [9.17, 15) is 4.79 Å². The number of carbonyl (C=O) groups is 1. The lowest BCUT2D eigenvalue weighted by Crippen LogP contribution is -2.42. The molecule has 1 atom stereocenters. The predicted octanol–water partition coefficient (Wildman–Crippen LogP) is 3.07. The Labute approximate surface area is 113 Å². The summed E-state index contributed by atoms with van der Waals surface area (Å²) in [7, 11) is 1.86. The molecule has 0 saturated carbocycles. The quantitative estimate of drug-likeness (QED) is 0.901. The second-order valence-corrected chi connectivity index (χ2v) is 6.09. The number of aromatic amines is 1. The number of fused-ring (bicyclic) bond motifs is 1. The van der Waals surface area contributed by atoms with Crippen LogP contribution in [0.3, 0.4) is 0 Å². The van der Waals surface area contributed by atoms with Gasteiger partial charge in [-0.2, -0.15) is 0 Å². The van der Waals surface area contributed by atoms with Crippen LogP contribution in [-0.2, 0) is 0 Å². The number of aromatic nitrogens is 2. The van der Waals surface area contributed by atoms with Gasteiger partial charge in [0.05, 0.1) is 17.4 Å². The highest BCUT2D eigenvalue weighted by molar-refractivity contribution is 5.97. The van der Waals surface area contributed by atoms with Crippen molar-refractivity contribution >= 4 is 16.9 Å². The van der Waals surface area contributed by atoms with Crippen LogP contribution in [0, 0.1) is 5.41 Å². The van der Waals surface area contributed by atoms with Crippen molar-refractivity contribution in [1.29, 1.82) is 0 Å². The van der Waals surface area contributed by atoms with E-state index in [0.717, 1.165) is 11.0 Å². The molecule has 1 amide bonds. The van der Waals surface area contributed by atoms with Crippen LogP contribution in [0.5, 0.6) is 0 Å². The van der Waals surface area contributed by atoms with E-state index in [2.05, 4.69) is 37.7 Å². The maximum atomic E-state index is 12.5. The number of amides is 1. The van der Waals surface area contributed by atoms with Crippen LogP contribution < -0.4 is 0 Å². The molecular weight excluding hydrogens is 238 g/mol. The van der Waals surface area contributed by atoms with E-state index in [0.29, 0.717) is 5.56 Å². The fraction of sp³-hybridized carbons (Fsp3) is 0.467. The van der Waals surface area contributed by atoms with E-state index in [1.807, 2.05) is 25.2 Å². The predicted molar refractivity (Wildman–Crippen MR) is 77.1 cm³/mol. The van der Waals surface area contributed by atoms with Gasteiger partial charge in [0.2, 0.25) is 0 Å². The summed E-state index contributed by atoms with van der Waals surface area (Å²) in [4.78, 5) is 21.5. The number of hydrogen-bond acceptors (Lipinski definition) is 2. The highest BCUT2D eigenvalue weighted by Crippen LogP contribution is 2.24. The first kappa shape index (κ1) is 13.6. The zero-order valence-corrected chi connectivity index (χ0v) is 12.2. The molecule has 0 radical (unpaired) electrons. The Kier molecular flexibility index (Phi) is 3.35. The molecule has 0 aliphatic carbocycles. The summed E-state index contributed by atoms with van der Waals surface area (Å²) in [6, 6.07) is 5.72. The molecule has 1 aromatic carbocycles. The van der Waals surface area contributed by atoms with Crippen molar-refractivity contribution in [2.45, 2.75) is 33.7 Å². The number of hydrogen-bond donors (Lipinski definition) is 1. The van der Waals surface area contributed by atoms with Gasteiger partial charge in [0.1, 0.15) is 0 Å². The molecule has 1 aromatic heterocycles. The summed E-state index contributed by atoms with van der Waals surface area (Å²) >= 11 is 0. The normalized spacial score (nSPS) is 13.5. The molecule has 4 nitrogen and oxygen atoms in total. The third kappa shape index (κ3) is 2.62. The number of rotatable bonds is 2. The first-order valence-electron chi connectivity index (χ1n) is 6.51. The number of benzene rings is 1. The van der Waals surface area contributed by atoms with Gasteiger partial charge in [-0.25, -0.2) is 4.98 Å². The Morgan fingerprint density at radius 1 is 1.37 bits per heavy atom. The maximum Gasteiger partial charge on any atom is 0.253 e. The standard InChI is InChI=1S/C15H21N3O/c1-10(15(2,3)4)18(5)14(19)11-6-7-12-13(8-11)17-9-16-12/h6-10H,1-5H3,(H,16,17). The molecule has 0 spiro atoms. The van der Waals surface area contributed by atoms with Crippen LogP contribution in [0.4, 0.5) is 0 Å². The van der Waals surface area contributed by atoms with Crippen LogP contribution >= 0.6 is 0 Å². The molecule has 0 aliphatic heterocycles. The van der Waals surface area contributed by atoms with Crippen molar-refractivity contribution in [2.24, 2.45) is 5.41 Å². The van der Waals surface area contributed by atoms with Crippen LogP contribution in [0.2, 0.25) is 0 Å². The molecule has 19 heavy (non-hydrogen) atoms. The lowest BCUT2D eigenvalue weighted by Gasteiger charge is -2.35. The van der Waals surface area contributed by atoms with Crippen molar-refractivity contribution < 1.29 is 4.79 Å². The third-order valence-electron chi connectivity index (χ3n) is 3.82. The van der Waals surface area contributed by atoms with Gasteiger partial charge in [-0.1, -0.05) is 20.8 Å². The molecule has 0 bridgehead atoms. The smallest absolute Gasteiger partial charge is 0.253 e. The second kappa shape index (κ2) is 4.68. The SMILES string of the molecule is CC(N(C)C(=O)c1ccc2nc[nH]c2c1)C(C)(C)C. The summed E-state index contributed by atoms with van der Waals surface area (Å²) in [6.45, 7) is 8.49. The number of carbonyl (C=O) groups excluding carboxylic acids is 1. The van der Waals surface area contributed by atoms with Gasteiger partial charge in [0.25, 0.3) is 5.91 Å². The minimum Gasteiger partial charge on any atom is -0.345 e. The Hall–Kier alpha value is -1.84. The van der Waals surface area contributed by atoms with Gasteiger partial charge in [0, 0.05) is 18.7 Å². The largest absolute Gasteiger partial charge is 0.345 e. The monoisotopic (exact) mass is 259 g/mol. The Morgan fingerprint density at radius 3 is 2.68 bits per heavy atom. The number of H-pyrrole nitrogens is 1. The fourth-order valence-electron chi connectivity index (χ4n) is 2.03. The zero-order chi connectivity index (χ0) is 14.2. The number of nitrogens with zero attached hydrogens (tertiary/aromatic N) is 2. The fourth-order valence-corrected chi connectivity index (χ4v) is 2.03. The van der Waals surface area contributed by atoms with Crippen LogP contribution in [0.15, 0.2) is 24.5 Å². The maximum absolute atomic E-state index is 12.5. The first-order chi connectivity index (χ1) is 8.80. The van der Waals surface area contributed by atoms with E-state index in [1.165, 1.54) is 0 Å². The average molecular weight is 259 g/mol. The molecular formula is C15H21N3O. The average Bonchev–Trinajstić information content (AvgIpc) is 2.82. The zero-order valence-electron chi connectivity index (χ0n) is 12.2. The van der Waals surface area contributed by atoms with Gasteiger partial charge in [0.15, 0.2) is 0 Å². The molecule has 2 aromatic rings. The lowest BCUT2D eigenvalue weighted by atomic mass is 9.87. The van der Waals surface area contributed by atoms with Crippen molar-refractivity contribution in [3.05, 3.63) is 30.1 Å².